The van der Waals surface area contributed by atoms with Gasteiger partial charge in [-0.1, -0.05) is 18.2 Å². The molecule has 3 rings (SSSR count). The van der Waals surface area contributed by atoms with Gasteiger partial charge >= 0.3 is 5.97 Å². The fourth-order valence-corrected chi connectivity index (χ4v) is 2.94. The number of esters is 1. The number of carbonyl (C=O) groups is 1. The number of hydrogen-bond acceptors (Lipinski definition) is 5. The van der Waals surface area contributed by atoms with Gasteiger partial charge in [0.1, 0.15) is 0 Å². The molecule has 0 amide bonds. The molecule has 1 aromatic heterocycles. The number of nitrogens with one attached hydrogen (secondary N) is 1. The molecule has 5 nitrogen and oxygen atoms in total. The third-order valence-electron chi connectivity index (χ3n) is 4.18. The lowest BCUT2D eigenvalue weighted by Gasteiger charge is -2.36. The summed E-state index contributed by atoms with van der Waals surface area (Å²) in [5.41, 5.74) is 3.00. The molecular weight excluding hydrogens is 326 g/mol. The standard InChI is InChI=1S/C18H21N3O2.ClH/c1-23-18(22)15-6-4-14(5-7-15)13-21-10-9-20-12-17(21)16-3-2-8-19-11-16;/h2-8,11,17,20H,9-10,12-13H2,1H3;1H. The van der Waals surface area contributed by atoms with Crippen LogP contribution in [0.2, 0.25) is 0 Å². The van der Waals surface area contributed by atoms with Crippen molar-refractivity contribution in [2.24, 2.45) is 0 Å². The zero-order valence-corrected chi connectivity index (χ0v) is 14.5. The molecule has 1 aromatic carbocycles. The van der Waals surface area contributed by atoms with E-state index in [0.717, 1.165) is 26.2 Å². The van der Waals surface area contributed by atoms with Crippen LogP contribution in [-0.4, -0.2) is 42.6 Å². The van der Waals surface area contributed by atoms with Crippen molar-refractivity contribution in [1.82, 2.24) is 15.2 Å². The Morgan fingerprint density at radius 1 is 1.33 bits per heavy atom. The topological polar surface area (TPSA) is 54.5 Å². The van der Waals surface area contributed by atoms with Gasteiger partial charge in [0.2, 0.25) is 0 Å². The summed E-state index contributed by atoms with van der Waals surface area (Å²) in [6, 6.07) is 12.1. The summed E-state index contributed by atoms with van der Waals surface area (Å²) in [4.78, 5) is 18.2. The number of carbonyl (C=O) groups excluding carboxylic acids is 1. The highest BCUT2D eigenvalue weighted by atomic mass is 35.5. The Morgan fingerprint density at radius 3 is 2.79 bits per heavy atom. The first-order valence-corrected chi connectivity index (χ1v) is 7.80. The first kappa shape index (κ1) is 18.4. The third kappa shape index (κ3) is 4.32. The van der Waals surface area contributed by atoms with E-state index >= 15 is 0 Å². The van der Waals surface area contributed by atoms with E-state index in [1.807, 2.05) is 36.5 Å². The van der Waals surface area contributed by atoms with Crippen LogP contribution in [-0.2, 0) is 11.3 Å². The number of ether oxygens (including phenoxy) is 1. The molecule has 128 valence electrons. The Hall–Kier alpha value is -1.95. The van der Waals surface area contributed by atoms with Crippen LogP contribution in [0.25, 0.3) is 0 Å². The van der Waals surface area contributed by atoms with Crippen LogP contribution >= 0.6 is 12.4 Å². The smallest absolute Gasteiger partial charge is 0.337 e. The summed E-state index contributed by atoms with van der Waals surface area (Å²) in [7, 11) is 1.40. The molecule has 1 saturated heterocycles. The minimum absolute atomic E-state index is 0. The number of hydrogen-bond donors (Lipinski definition) is 1. The average Bonchev–Trinajstić information content (AvgIpc) is 2.63. The van der Waals surface area contributed by atoms with Crippen LogP contribution in [0.5, 0.6) is 0 Å². The van der Waals surface area contributed by atoms with E-state index < -0.39 is 0 Å². The Bertz CT molecular complexity index is 649. The summed E-state index contributed by atoms with van der Waals surface area (Å²) >= 11 is 0. The van der Waals surface area contributed by atoms with Gasteiger partial charge in [-0.2, -0.15) is 0 Å². The van der Waals surface area contributed by atoms with Crippen molar-refractivity contribution >= 4 is 18.4 Å². The Labute approximate surface area is 148 Å². The molecule has 1 aliphatic heterocycles. The molecule has 1 fully saturated rings. The van der Waals surface area contributed by atoms with E-state index in [1.165, 1.54) is 18.2 Å². The highest BCUT2D eigenvalue weighted by molar-refractivity contribution is 5.89. The fraction of sp³-hybridized carbons (Fsp3) is 0.333. The molecule has 6 heteroatoms. The fourth-order valence-electron chi connectivity index (χ4n) is 2.94. The quantitative estimate of drug-likeness (QED) is 0.861. The van der Waals surface area contributed by atoms with Crippen molar-refractivity contribution in [2.45, 2.75) is 12.6 Å². The highest BCUT2D eigenvalue weighted by Gasteiger charge is 2.23. The van der Waals surface area contributed by atoms with Crippen molar-refractivity contribution in [2.75, 3.05) is 26.7 Å². The van der Waals surface area contributed by atoms with E-state index in [2.05, 4.69) is 21.3 Å². The summed E-state index contributed by atoms with van der Waals surface area (Å²) in [5, 5.41) is 3.45. The van der Waals surface area contributed by atoms with E-state index in [9.17, 15) is 4.79 Å². The number of pyridine rings is 1. The lowest BCUT2D eigenvalue weighted by molar-refractivity contribution is 0.0600. The maximum absolute atomic E-state index is 11.5. The van der Waals surface area contributed by atoms with Gasteiger partial charge in [0.15, 0.2) is 0 Å². The predicted octanol–water partition coefficient (Wildman–Crippen LogP) is 2.44. The Balaban J connectivity index is 0.00000208. The third-order valence-corrected chi connectivity index (χ3v) is 4.18. The normalized spacial score (nSPS) is 17.8. The number of benzene rings is 1. The Kier molecular flexibility index (Phi) is 6.73. The first-order valence-electron chi connectivity index (χ1n) is 7.80. The van der Waals surface area contributed by atoms with Gasteiger partial charge in [0, 0.05) is 44.6 Å². The van der Waals surface area contributed by atoms with Crippen molar-refractivity contribution in [3.8, 4) is 0 Å². The van der Waals surface area contributed by atoms with E-state index in [0.29, 0.717) is 11.6 Å². The molecule has 0 aliphatic carbocycles. The number of methoxy groups -OCH3 is 1. The second-order valence-electron chi connectivity index (χ2n) is 5.67. The van der Waals surface area contributed by atoms with Gasteiger partial charge < -0.3 is 10.1 Å². The zero-order valence-electron chi connectivity index (χ0n) is 13.6. The minimum atomic E-state index is -0.299. The molecule has 1 atom stereocenters. The van der Waals surface area contributed by atoms with Crippen LogP contribution in [0.1, 0.15) is 27.5 Å². The van der Waals surface area contributed by atoms with Gasteiger partial charge in [-0.05, 0) is 29.3 Å². The lowest BCUT2D eigenvalue weighted by Crippen LogP contribution is -2.45. The van der Waals surface area contributed by atoms with Gasteiger partial charge in [0.25, 0.3) is 0 Å². The molecule has 0 bridgehead atoms. The van der Waals surface area contributed by atoms with Crippen LogP contribution in [0.4, 0.5) is 0 Å². The van der Waals surface area contributed by atoms with Gasteiger partial charge in [-0.15, -0.1) is 12.4 Å². The van der Waals surface area contributed by atoms with Crippen molar-refractivity contribution in [3.05, 3.63) is 65.5 Å². The van der Waals surface area contributed by atoms with Crippen molar-refractivity contribution < 1.29 is 9.53 Å². The molecule has 24 heavy (non-hydrogen) atoms. The highest BCUT2D eigenvalue weighted by Crippen LogP contribution is 2.23. The molecule has 2 aromatic rings. The van der Waals surface area contributed by atoms with Gasteiger partial charge in [-0.25, -0.2) is 4.79 Å². The maximum Gasteiger partial charge on any atom is 0.337 e. The van der Waals surface area contributed by atoms with E-state index in [-0.39, 0.29) is 18.4 Å². The minimum Gasteiger partial charge on any atom is -0.465 e. The SMILES string of the molecule is COC(=O)c1ccc(CN2CCNCC2c2cccnc2)cc1.Cl. The summed E-state index contributed by atoms with van der Waals surface area (Å²) < 4.78 is 4.74. The summed E-state index contributed by atoms with van der Waals surface area (Å²) in [6.45, 7) is 3.74. The molecule has 0 saturated carbocycles. The van der Waals surface area contributed by atoms with Gasteiger partial charge in [-0.3, -0.25) is 9.88 Å². The predicted molar refractivity (Wildman–Crippen MR) is 95.3 cm³/mol. The number of piperazine rings is 1. The van der Waals surface area contributed by atoms with Crippen LogP contribution in [0.3, 0.4) is 0 Å². The first-order chi connectivity index (χ1) is 11.3. The average molecular weight is 348 g/mol. The van der Waals surface area contributed by atoms with Crippen LogP contribution in [0.15, 0.2) is 48.8 Å². The molecule has 1 aliphatic rings. The van der Waals surface area contributed by atoms with Crippen LogP contribution < -0.4 is 5.32 Å². The van der Waals surface area contributed by atoms with E-state index in [4.69, 9.17) is 4.74 Å². The number of halogens is 1. The largest absolute Gasteiger partial charge is 0.465 e. The molecule has 1 N–H and O–H groups in total. The summed E-state index contributed by atoms with van der Waals surface area (Å²) in [6.07, 6.45) is 3.74. The van der Waals surface area contributed by atoms with E-state index in [1.54, 1.807) is 6.20 Å². The lowest BCUT2D eigenvalue weighted by atomic mass is 10.0. The van der Waals surface area contributed by atoms with Crippen LogP contribution in [0, 0.1) is 0 Å². The monoisotopic (exact) mass is 347 g/mol. The Morgan fingerprint density at radius 2 is 2.12 bits per heavy atom. The molecule has 0 spiro atoms. The summed E-state index contributed by atoms with van der Waals surface area (Å²) in [5.74, 6) is -0.299. The molecule has 2 heterocycles. The number of rotatable bonds is 4. The molecule has 0 radical (unpaired) electrons. The molecule has 1 unspecified atom stereocenters. The molecular formula is C18H22ClN3O2. The van der Waals surface area contributed by atoms with Gasteiger partial charge in [0.05, 0.1) is 12.7 Å². The second-order valence-corrected chi connectivity index (χ2v) is 5.67. The second kappa shape index (κ2) is 8.78. The zero-order chi connectivity index (χ0) is 16.1. The number of aromatic nitrogens is 1. The maximum atomic E-state index is 11.5. The number of nitrogens with zero attached hydrogens (tertiary/aromatic N) is 2. The van der Waals surface area contributed by atoms with Crippen molar-refractivity contribution in [3.63, 3.8) is 0 Å². The van der Waals surface area contributed by atoms with Crippen molar-refractivity contribution in [1.29, 1.82) is 0 Å².